The van der Waals surface area contributed by atoms with Crippen LogP contribution in [-0.2, 0) is 9.53 Å². The van der Waals surface area contributed by atoms with E-state index in [1.807, 2.05) is 0 Å². The van der Waals surface area contributed by atoms with Gasteiger partial charge in [-0.1, -0.05) is 0 Å². The molecule has 1 aliphatic rings. The molecular weight excluding hydrogens is 301 g/mol. The highest BCUT2D eigenvalue weighted by Gasteiger charge is 2.21. The number of hydrogen-bond acceptors (Lipinski definition) is 4. The van der Waals surface area contributed by atoms with Gasteiger partial charge in [-0.05, 0) is 40.3 Å². The molecule has 0 radical (unpaired) electrons. The van der Waals surface area contributed by atoms with Gasteiger partial charge in [0.2, 0.25) is 5.91 Å². The second kappa shape index (κ2) is 12.7. The molecule has 0 aromatic rings. The molecule has 1 fully saturated rings. The van der Waals surface area contributed by atoms with Crippen LogP contribution in [0.1, 0.15) is 26.7 Å². The minimum atomic E-state index is 0. The fourth-order valence-corrected chi connectivity index (χ4v) is 2.38. The van der Waals surface area contributed by atoms with E-state index >= 15 is 0 Å². The molecule has 122 valence electrons. The van der Waals surface area contributed by atoms with Crippen molar-refractivity contribution in [3.63, 3.8) is 0 Å². The van der Waals surface area contributed by atoms with Gasteiger partial charge in [-0.2, -0.15) is 0 Å². The van der Waals surface area contributed by atoms with E-state index in [9.17, 15) is 4.79 Å². The van der Waals surface area contributed by atoms with Gasteiger partial charge in [0.15, 0.2) is 0 Å². The molecule has 20 heavy (non-hydrogen) atoms. The van der Waals surface area contributed by atoms with Crippen molar-refractivity contribution in [1.29, 1.82) is 0 Å². The number of halogens is 2. The Morgan fingerprint density at radius 3 is 2.35 bits per heavy atom. The topological polar surface area (TPSA) is 53.6 Å². The summed E-state index contributed by atoms with van der Waals surface area (Å²) in [4.78, 5) is 13.6. The number of nitrogens with zero attached hydrogens (tertiary/aromatic N) is 1. The number of likely N-dealkylation sites (N-methyl/N-ethyl adjacent to an activating group) is 1. The summed E-state index contributed by atoms with van der Waals surface area (Å²) in [7, 11) is 1.78. The third kappa shape index (κ3) is 9.77. The lowest BCUT2D eigenvalue weighted by molar-refractivity contribution is -0.120. The van der Waals surface area contributed by atoms with Crippen LogP contribution < -0.4 is 10.6 Å². The maximum atomic E-state index is 11.2. The van der Waals surface area contributed by atoms with E-state index in [4.69, 9.17) is 4.74 Å². The van der Waals surface area contributed by atoms with Crippen molar-refractivity contribution in [2.24, 2.45) is 0 Å². The van der Waals surface area contributed by atoms with Gasteiger partial charge in [-0.25, -0.2) is 0 Å². The first-order valence-electron chi connectivity index (χ1n) is 6.91. The van der Waals surface area contributed by atoms with E-state index in [-0.39, 0.29) is 30.7 Å². The Balaban J connectivity index is 0. The average Bonchev–Trinajstić information content (AvgIpc) is 2.27. The molecule has 1 heterocycles. The van der Waals surface area contributed by atoms with Gasteiger partial charge in [0, 0.05) is 19.6 Å². The lowest BCUT2D eigenvalue weighted by atomic mass is 10.2. The first kappa shape index (κ1) is 22.2. The van der Waals surface area contributed by atoms with E-state index in [0.717, 1.165) is 39.0 Å². The van der Waals surface area contributed by atoms with Gasteiger partial charge in [0.05, 0.1) is 18.8 Å². The van der Waals surface area contributed by atoms with E-state index in [2.05, 4.69) is 29.4 Å². The first-order valence-corrected chi connectivity index (χ1v) is 6.91. The molecule has 1 rings (SSSR count). The third-order valence-electron chi connectivity index (χ3n) is 3.06. The number of ether oxygens (including phenoxy) is 1. The zero-order valence-electron chi connectivity index (χ0n) is 12.7. The van der Waals surface area contributed by atoms with Gasteiger partial charge >= 0.3 is 0 Å². The molecule has 2 N–H and O–H groups in total. The van der Waals surface area contributed by atoms with Crippen molar-refractivity contribution in [3.05, 3.63) is 0 Å². The number of hydrogen-bond donors (Lipinski definition) is 2. The minimum absolute atomic E-state index is 0. The number of morpholine rings is 1. The lowest BCUT2D eigenvalue weighted by Crippen LogP contribution is -2.45. The maximum Gasteiger partial charge on any atom is 0.233 e. The number of unbranched alkanes of at least 4 members (excludes halogenated alkanes) is 1. The molecule has 0 spiro atoms. The zero-order valence-corrected chi connectivity index (χ0v) is 14.3. The maximum absolute atomic E-state index is 11.2. The molecule has 1 saturated heterocycles. The van der Waals surface area contributed by atoms with Crippen molar-refractivity contribution in [2.45, 2.75) is 38.9 Å². The predicted octanol–water partition coefficient (Wildman–Crippen LogP) is 1.05. The highest BCUT2D eigenvalue weighted by Crippen LogP contribution is 2.10. The Labute approximate surface area is 135 Å². The fourth-order valence-electron chi connectivity index (χ4n) is 2.38. The van der Waals surface area contributed by atoms with E-state index < -0.39 is 0 Å². The summed E-state index contributed by atoms with van der Waals surface area (Å²) in [5.74, 6) is 0.0751. The van der Waals surface area contributed by atoms with Crippen molar-refractivity contribution >= 4 is 30.7 Å². The third-order valence-corrected chi connectivity index (χ3v) is 3.06. The smallest absolute Gasteiger partial charge is 0.233 e. The van der Waals surface area contributed by atoms with Crippen molar-refractivity contribution in [2.75, 3.05) is 39.8 Å². The monoisotopic (exact) mass is 329 g/mol. The van der Waals surface area contributed by atoms with Crippen LogP contribution in [0.5, 0.6) is 0 Å². The Kier molecular flexibility index (Phi) is 14.1. The van der Waals surface area contributed by atoms with Crippen LogP contribution in [0.15, 0.2) is 0 Å². The molecular formula is C13H29Cl2N3O2. The molecule has 0 aromatic carbocycles. The summed E-state index contributed by atoms with van der Waals surface area (Å²) in [5, 5.41) is 5.73. The molecule has 2 unspecified atom stereocenters. The second-order valence-corrected chi connectivity index (χ2v) is 5.10. The SMILES string of the molecule is CNCC(=O)NCCCCN1CC(C)OC(C)C1.Cl.Cl. The quantitative estimate of drug-likeness (QED) is 0.686. The largest absolute Gasteiger partial charge is 0.373 e. The number of nitrogens with one attached hydrogen (secondary N) is 2. The van der Waals surface area contributed by atoms with Crippen LogP contribution >= 0.6 is 24.8 Å². The molecule has 1 amide bonds. The van der Waals surface area contributed by atoms with Gasteiger partial charge in [-0.3, -0.25) is 9.69 Å². The van der Waals surface area contributed by atoms with E-state index in [1.54, 1.807) is 7.05 Å². The lowest BCUT2D eigenvalue weighted by Gasteiger charge is -2.35. The molecule has 5 nitrogen and oxygen atoms in total. The van der Waals surface area contributed by atoms with Gasteiger partial charge in [0.25, 0.3) is 0 Å². The summed E-state index contributed by atoms with van der Waals surface area (Å²) in [6, 6.07) is 0. The summed E-state index contributed by atoms with van der Waals surface area (Å²) in [5.41, 5.74) is 0. The summed E-state index contributed by atoms with van der Waals surface area (Å²) < 4.78 is 5.70. The fraction of sp³-hybridized carbons (Fsp3) is 0.923. The molecule has 0 saturated carbocycles. The molecule has 7 heteroatoms. The number of rotatable bonds is 7. The minimum Gasteiger partial charge on any atom is -0.373 e. The molecule has 0 bridgehead atoms. The Morgan fingerprint density at radius 2 is 1.80 bits per heavy atom. The number of carbonyl (C=O) groups is 1. The molecule has 2 atom stereocenters. The van der Waals surface area contributed by atoms with Crippen molar-refractivity contribution in [1.82, 2.24) is 15.5 Å². The van der Waals surface area contributed by atoms with Crippen LogP contribution in [-0.4, -0.2) is 62.8 Å². The summed E-state index contributed by atoms with van der Waals surface area (Å²) >= 11 is 0. The van der Waals surface area contributed by atoms with Crippen LogP contribution in [0.25, 0.3) is 0 Å². The number of amides is 1. The van der Waals surface area contributed by atoms with E-state index in [1.165, 1.54) is 0 Å². The van der Waals surface area contributed by atoms with E-state index in [0.29, 0.717) is 18.8 Å². The summed E-state index contributed by atoms with van der Waals surface area (Å²) in [6.07, 6.45) is 2.84. The van der Waals surface area contributed by atoms with Crippen molar-refractivity contribution in [3.8, 4) is 0 Å². The predicted molar refractivity (Wildman–Crippen MR) is 87.1 cm³/mol. The van der Waals surface area contributed by atoms with Gasteiger partial charge in [0.1, 0.15) is 0 Å². The first-order chi connectivity index (χ1) is 8.61. The molecule has 0 aliphatic carbocycles. The standard InChI is InChI=1S/C13H27N3O2.2ClH/c1-11-9-16(10-12(2)18-11)7-5-4-6-15-13(17)8-14-3;;/h11-12,14H,4-10H2,1-3H3,(H,15,17);2*1H. The van der Waals surface area contributed by atoms with Crippen LogP contribution in [0.3, 0.4) is 0 Å². The van der Waals surface area contributed by atoms with Gasteiger partial charge < -0.3 is 15.4 Å². The zero-order chi connectivity index (χ0) is 13.4. The second-order valence-electron chi connectivity index (χ2n) is 5.10. The summed E-state index contributed by atoms with van der Waals surface area (Å²) in [6.45, 7) is 8.57. The molecule has 0 aromatic heterocycles. The Bertz CT molecular complexity index is 248. The number of carbonyl (C=O) groups excluding carboxylic acids is 1. The molecule has 1 aliphatic heterocycles. The Morgan fingerprint density at radius 1 is 1.20 bits per heavy atom. The normalized spacial score (nSPS) is 22.6. The van der Waals surface area contributed by atoms with Gasteiger partial charge in [-0.15, -0.1) is 24.8 Å². The van der Waals surface area contributed by atoms with Crippen LogP contribution in [0.2, 0.25) is 0 Å². The van der Waals surface area contributed by atoms with Crippen LogP contribution in [0.4, 0.5) is 0 Å². The highest BCUT2D eigenvalue weighted by molar-refractivity contribution is 5.85. The Hall–Kier alpha value is -0.0700. The van der Waals surface area contributed by atoms with Crippen LogP contribution in [0, 0.1) is 0 Å². The highest BCUT2D eigenvalue weighted by atomic mass is 35.5. The average molecular weight is 330 g/mol. The van der Waals surface area contributed by atoms with Crippen molar-refractivity contribution < 1.29 is 9.53 Å².